The van der Waals surface area contributed by atoms with Crippen LogP contribution >= 0.6 is 11.3 Å². The number of phenols is 1. The van der Waals surface area contributed by atoms with Crippen LogP contribution in [-0.4, -0.2) is 10.1 Å². The van der Waals surface area contributed by atoms with Crippen molar-refractivity contribution in [2.24, 2.45) is 0 Å². The number of nitrogens with zero attached hydrogens (tertiary/aromatic N) is 1. The van der Waals surface area contributed by atoms with Crippen molar-refractivity contribution in [3.8, 4) is 28.1 Å². The van der Waals surface area contributed by atoms with E-state index in [1.807, 2.05) is 29.6 Å². The number of pyridine rings is 1. The first kappa shape index (κ1) is 17.7. The highest BCUT2D eigenvalue weighted by Crippen LogP contribution is 2.40. The van der Waals surface area contributed by atoms with Gasteiger partial charge in [0, 0.05) is 33.0 Å². The third-order valence-electron chi connectivity index (χ3n) is 4.80. The molecular formula is C23H20FNOS. The fraction of sp³-hybridized carbons (Fsp3) is 0.174. The Morgan fingerprint density at radius 1 is 0.963 bits per heavy atom. The second-order valence-corrected chi connectivity index (χ2v) is 8.59. The van der Waals surface area contributed by atoms with Gasteiger partial charge in [0.05, 0.1) is 5.69 Å². The summed E-state index contributed by atoms with van der Waals surface area (Å²) in [6.45, 7) is 6.35. The zero-order valence-electron chi connectivity index (χ0n) is 15.5. The fourth-order valence-electron chi connectivity index (χ4n) is 3.23. The summed E-state index contributed by atoms with van der Waals surface area (Å²) in [4.78, 5) is 4.38. The van der Waals surface area contributed by atoms with Crippen molar-refractivity contribution in [2.75, 3.05) is 0 Å². The molecule has 0 atom stereocenters. The first-order chi connectivity index (χ1) is 12.9. The van der Waals surface area contributed by atoms with Crippen molar-refractivity contribution >= 4 is 21.4 Å². The fourth-order valence-corrected chi connectivity index (χ4v) is 4.02. The number of benzene rings is 2. The first-order valence-corrected chi connectivity index (χ1v) is 9.69. The molecule has 0 amide bonds. The number of halogens is 1. The monoisotopic (exact) mass is 377 g/mol. The van der Waals surface area contributed by atoms with Gasteiger partial charge in [-0.1, -0.05) is 32.9 Å². The molecule has 0 bridgehead atoms. The van der Waals surface area contributed by atoms with Crippen LogP contribution in [0.2, 0.25) is 0 Å². The van der Waals surface area contributed by atoms with Gasteiger partial charge in [-0.3, -0.25) is 4.98 Å². The molecule has 2 nitrogen and oxygen atoms in total. The van der Waals surface area contributed by atoms with Gasteiger partial charge in [0.15, 0.2) is 0 Å². The van der Waals surface area contributed by atoms with Crippen molar-refractivity contribution < 1.29 is 9.50 Å². The van der Waals surface area contributed by atoms with Crippen LogP contribution in [-0.2, 0) is 5.41 Å². The lowest BCUT2D eigenvalue weighted by molar-refractivity contribution is 0.483. The van der Waals surface area contributed by atoms with E-state index in [2.05, 4.69) is 25.8 Å². The molecule has 0 saturated heterocycles. The minimum Gasteiger partial charge on any atom is -0.507 e. The molecule has 4 rings (SSSR count). The molecule has 4 aromatic rings. The molecule has 0 radical (unpaired) electrons. The highest BCUT2D eigenvalue weighted by Gasteiger charge is 2.19. The average molecular weight is 377 g/mol. The Hall–Kier alpha value is -2.72. The summed E-state index contributed by atoms with van der Waals surface area (Å²) in [5.41, 5.74) is 2.95. The van der Waals surface area contributed by atoms with Crippen LogP contribution in [0.15, 0.2) is 60.1 Å². The number of thiophene rings is 1. The number of aromatic nitrogens is 1. The zero-order chi connectivity index (χ0) is 19.2. The molecule has 2 aromatic heterocycles. The van der Waals surface area contributed by atoms with E-state index in [1.54, 1.807) is 41.8 Å². The van der Waals surface area contributed by atoms with Crippen molar-refractivity contribution in [1.82, 2.24) is 4.98 Å². The van der Waals surface area contributed by atoms with Crippen LogP contribution in [0, 0.1) is 5.82 Å². The predicted molar refractivity (Wildman–Crippen MR) is 111 cm³/mol. The predicted octanol–water partition coefficient (Wildman–Crippen LogP) is 6.77. The molecule has 27 heavy (non-hydrogen) atoms. The van der Waals surface area contributed by atoms with Gasteiger partial charge in [-0.15, -0.1) is 11.3 Å². The molecule has 0 aliphatic heterocycles. The lowest BCUT2D eigenvalue weighted by Gasteiger charge is -2.19. The van der Waals surface area contributed by atoms with E-state index in [0.29, 0.717) is 22.4 Å². The number of fused-ring (bicyclic) bond motifs is 1. The molecule has 1 N–H and O–H groups in total. The number of hydrogen-bond acceptors (Lipinski definition) is 3. The summed E-state index contributed by atoms with van der Waals surface area (Å²) >= 11 is 1.55. The molecule has 136 valence electrons. The topological polar surface area (TPSA) is 33.1 Å². The minimum absolute atomic E-state index is 0.0476. The van der Waals surface area contributed by atoms with E-state index in [0.717, 1.165) is 15.6 Å². The summed E-state index contributed by atoms with van der Waals surface area (Å²) in [6.07, 6.45) is 1.72. The summed E-state index contributed by atoms with van der Waals surface area (Å²) in [6, 6.07) is 14.7. The highest BCUT2D eigenvalue weighted by atomic mass is 32.1. The Bertz CT molecular complexity index is 1140. The smallest absolute Gasteiger partial charge is 0.140 e. The van der Waals surface area contributed by atoms with Crippen molar-refractivity contribution in [3.05, 3.63) is 71.5 Å². The van der Waals surface area contributed by atoms with Gasteiger partial charge < -0.3 is 5.11 Å². The lowest BCUT2D eigenvalue weighted by Crippen LogP contribution is -2.11. The molecule has 0 spiro atoms. The third kappa shape index (κ3) is 3.10. The van der Waals surface area contributed by atoms with Gasteiger partial charge in [0.1, 0.15) is 11.6 Å². The molecule has 0 unspecified atom stereocenters. The van der Waals surface area contributed by atoms with Gasteiger partial charge >= 0.3 is 0 Å². The van der Waals surface area contributed by atoms with Gasteiger partial charge in [0.2, 0.25) is 0 Å². The molecule has 4 heteroatoms. The maximum Gasteiger partial charge on any atom is 0.140 e. The number of hydrogen-bond donors (Lipinski definition) is 1. The van der Waals surface area contributed by atoms with Crippen LogP contribution in [0.25, 0.3) is 32.5 Å². The first-order valence-electron chi connectivity index (χ1n) is 8.81. The number of rotatable bonds is 2. The van der Waals surface area contributed by atoms with Crippen molar-refractivity contribution in [2.45, 2.75) is 26.2 Å². The van der Waals surface area contributed by atoms with E-state index in [9.17, 15) is 5.11 Å². The second-order valence-electron chi connectivity index (χ2n) is 7.64. The SMILES string of the molecule is CC(C)(C)c1ccnc(-c2cccc(-c3ccc4sccc4c3O)c2F)c1. The van der Waals surface area contributed by atoms with Crippen molar-refractivity contribution in [3.63, 3.8) is 0 Å². The maximum absolute atomic E-state index is 15.4. The van der Waals surface area contributed by atoms with Crippen LogP contribution in [0.3, 0.4) is 0 Å². The third-order valence-corrected chi connectivity index (χ3v) is 5.68. The molecule has 2 heterocycles. The van der Waals surface area contributed by atoms with E-state index < -0.39 is 0 Å². The Balaban J connectivity index is 1.88. The van der Waals surface area contributed by atoms with Crippen LogP contribution < -0.4 is 0 Å². The summed E-state index contributed by atoms with van der Waals surface area (Å²) in [7, 11) is 0. The van der Waals surface area contributed by atoms with E-state index in [1.165, 1.54) is 0 Å². The van der Waals surface area contributed by atoms with E-state index in [4.69, 9.17) is 0 Å². The molecule has 0 fully saturated rings. The molecular weight excluding hydrogens is 357 g/mol. The second kappa shape index (κ2) is 6.46. The van der Waals surface area contributed by atoms with Gasteiger partial charge in [-0.2, -0.15) is 0 Å². The van der Waals surface area contributed by atoms with Crippen LogP contribution in [0.4, 0.5) is 4.39 Å². The molecule has 0 saturated carbocycles. The zero-order valence-corrected chi connectivity index (χ0v) is 16.3. The van der Waals surface area contributed by atoms with Crippen molar-refractivity contribution in [1.29, 1.82) is 0 Å². The summed E-state index contributed by atoms with van der Waals surface area (Å²) in [5, 5.41) is 13.3. The molecule has 2 aromatic carbocycles. The molecule has 0 aliphatic carbocycles. The average Bonchev–Trinajstić information content (AvgIpc) is 3.12. The number of phenolic OH excluding ortho intramolecular Hbond substituents is 1. The Morgan fingerprint density at radius 3 is 2.52 bits per heavy atom. The largest absolute Gasteiger partial charge is 0.507 e. The maximum atomic E-state index is 15.4. The van der Waals surface area contributed by atoms with E-state index >= 15 is 4.39 Å². The molecule has 0 aliphatic rings. The number of aromatic hydroxyl groups is 1. The Kier molecular flexibility index (Phi) is 4.23. The quantitative estimate of drug-likeness (QED) is 0.418. The summed E-state index contributed by atoms with van der Waals surface area (Å²) in [5.74, 6) is -0.262. The van der Waals surface area contributed by atoms with Gasteiger partial charge in [0.25, 0.3) is 0 Å². The van der Waals surface area contributed by atoms with Crippen LogP contribution in [0.1, 0.15) is 26.3 Å². The van der Waals surface area contributed by atoms with Gasteiger partial charge in [-0.25, -0.2) is 4.39 Å². The van der Waals surface area contributed by atoms with Gasteiger partial charge in [-0.05, 0) is 52.8 Å². The summed E-state index contributed by atoms with van der Waals surface area (Å²) < 4.78 is 16.4. The normalized spacial score (nSPS) is 11.9. The minimum atomic E-state index is -0.374. The highest BCUT2D eigenvalue weighted by molar-refractivity contribution is 7.17. The van der Waals surface area contributed by atoms with E-state index in [-0.39, 0.29) is 17.0 Å². The standard InChI is InChI=1S/C23H20FNOS/c1-23(2,3)14-9-11-25-19(13-14)17-6-4-5-15(21(17)24)16-7-8-20-18(22(16)26)10-12-27-20/h4-13,26H,1-3H3. The lowest BCUT2D eigenvalue weighted by atomic mass is 9.86. The Morgan fingerprint density at radius 2 is 1.74 bits per heavy atom. The van der Waals surface area contributed by atoms with Crippen LogP contribution in [0.5, 0.6) is 5.75 Å². The Labute approximate surface area is 162 Å².